The van der Waals surface area contributed by atoms with Crippen molar-refractivity contribution in [2.45, 2.75) is 51.1 Å². The molecule has 18 heavy (non-hydrogen) atoms. The first-order valence-corrected chi connectivity index (χ1v) is 8.61. The van der Waals surface area contributed by atoms with Gasteiger partial charge in [-0.3, -0.25) is 4.90 Å². The van der Waals surface area contributed by atoms with Crippen LogP contribution in [0.25, 0.3) is 0 Å². The number of nitrogens with zero attached hydrogens (tertiary/aromatic N) is 1. The molecule has 2 N–H and O–H groups in total. The second kappa shape index (κ2) is 6.04. The number of hydrogen-bond donors (Lipinski definition) is 1. The second-order valence-corrected chi connectivity index (χ2v) is 6.73. The Morgan fingerprint density at radius 3 is 2.39 bits per heavy atom. The number of hydrogen-bond acceptors (Lipinski definition) is 3. The van der Waals surface area contributed by atoms with E-state index in [4.69, 9.17) is 5.73 Å². The molecule has 0 bridgehead atoms. The van der Waals surface area contributed by atoms with Crippen molar-refractivity contribution >= 4 is 27.3 Å². The number of likely N-dealkylation sites (N-methyl/N-ethyl adjacent to an activating group) is 1. The zero-order valence-electron chi connectivity index (χ0n) is 11.3. The molecule has 1 aliphatic carbocycles. The molecule has 1 saturated carbocycles. The fourth-order valence-corrected chi connectivity index (χ4v) is 5.05. The summed E-state index contributed by atoms with van der Waals surface area (Å²) in [5.74, 6) is 0. The molecule has 0 radical (unpaired) electrons. The average Bonchev–Trinajstić information content (AvgIpc) is 3.00. The predicted molar refractivity (Wildman–Crippen MR) is 83.1 cm³/mol. The molecule has 1 heterocycles. The van der Waals surface area contributed by atoms with Crippen LogP contribution in [0.1, 0.15) is 51.1 Å². The molecular weight excluding hydrogens is 308 g/mol. The fraction of sp³-hybridized carbons (Fsp3) is 0.714. The Morgan fingerprint density at radius 1 is 1.33 bits per heavy atom. The van der Waals surface area contributed by atoms with Gasteiger partial charge in [0.25, 0.3) is 0 Å². The normalized spacial score (nSPS) is 20.5. The lowest BCUT2D eigenvalue weighted by Crippen LogP contribution is -2.53. The van der Waals surface area contributed by atoms with E-state index in [1.54, 1.807) is 11.3 Å². The Balaban J connectivity index is 2.33. The van der Waals surface area contributed by atoms with Crippen LogP contribution in [0.3, 0.4) is 0 Å². The number of thiophene rings is 1. The number of halogens is 1. The first-order chi connectivity index (χ1) is 8.65. The Hall–Kier alpha value is 0.100. The zero-order chi connectivity index (χ0) is 13.2. The molecule has 2 nitrogen and oxygen atoms in total. The highest BCUT2D eigenvalue weighted by atomic mass is 79.9. The summed E-state index contributed by atoms with van der Waals surface area (Å²) in [5.41, 5.74) is 8.13. The van der Waals surface area contributed by atoms with Crippen LogP contribution in [0.5, 0.6) is 0 Å². The minimum absolute atomic E-state index is 0.125. The molecule has 1 aromatic heterocycles. The summed E-state index contributed by atoms with van der Waals surface area (Å²) in [5, 5.41) is 4.35. The van der Waals surface area contributed by atoms with Gasteiger partial charge in [-0.25, -0.2) is 0 Å². The molecule has 102 valence electrons. The van der Waals surface area contributed by atoms with Gasteiger partial charge in [-0.15, -0.1) is 0 Å². The fourth-order valence-electron chi connectivity index (χ4n) is 3.47. The van der Waals surface area contributed by atoms with Crippen LogP contribution < -0.4 is 5.73 Å². The maximum atomic E-state index is 6.67. The van der Waals surface area contributed by atoms with E-state index in [1.165, 1.54) is 35.7 Å². The van der Waals surface area contributed by atoms with Crippen molar-refractivity contribution in [1.29, 1.82) is 0 Å². The Kier molecular flexibility index (Phi) is 4.86. The third-order valence-corrected chi connectivity index (χ3v) is 6.17. The van der Waals surface area contributed by atoms with E-state index in [2.05, 4.69) is 45.4 Å². The van der Waals surface area contributed by atoms with Crippen molar-refractivity contribution in [3.63, 3.8) is 0 Å². The van der Waals surface area contributed by atoms with E-state index in [0.29, 0.717) is 0 Å². The Bertz CT molecular complexity index is 381. The summed E-state index contributed by atoms with van der Waals surface area (Å²) in [6.07, 6.45) is 5.09. The number of nitrogens with two attached hydrogens (primary N) is 1. The van der Waals surface area contributed by atoms with Crippen molar-refractivity contribution in [1.82, 2.24) is 4.90 Å². The van der Waals surface area contributed by atoms with Crippen molar-refractivity contribution in [2.75, 3.05) is 13.1 Å². The highest BCUT2D eigenvalue weighted by molar-refractivity contribution is 9.10. The van der Waals surface area contributed by atoms with E-state index >= 15 is 0 Å². The minimum atomic E-state index is 0.125. The molecule has 0 aliphatic heterocycles. The third kappa shape index (κ3) is 2.40. The molecule has 1 aromatic rings. The summed E-state index contributed by atoms with van der Waals surface area (Å²) in [4.78, 5) is 2.58. The van der Waals surface area contributed by atoms with Crippen LogP contribution in [0.15, 0.2) is 15.2 Å². The quantitative estimate of drug-likeness (QED) is 0.878. The van der Waals surface area contributed by atoms with E-state index in [9.17, 15) is 0 Å². The average molecular weight is 331 g/mol. The van der Waals surface area contributed by atoms with Crippen molar-refractivity contribution in [3.8, 4) is 0 Å². The molecule has 0 spiro atoms. The first kappa shape index (κ1) is 14.5. The van der Waals surface area contributed by atoms with Crippen LogP contribution in [0.2, 0.25) is 0 Å². The van der Waals surface area contributed by atoms with Gasteiger partial charge in [0.05, 0.1) is 6.04 Å². The van der Waals surface area contributed by atoms with Crippen LogP contribution in [-0.4, -0.2) is 23.5 Å². The largest absolute Gasteiger partial charge is 0.322 e. The maximum absolute atomic E-state index is 6.67. The molecule has 0 amide bonds. The lowest BCUT2D eigenvalue weighted by atomic mass is 9.83. The van der Waals surface area contributed by atoms with Gasteiger partial charge in [-0.1, -0.05) is 26.7 Å². The summed E-state index contributed by atoms with van der Waals surface area (Å²) in [6.45, 7) is 6.68. The lowest BCUT2D eigenvalue weighted by Gasteiger charge is -2.45. The van der Waals surface area contributed by atoms with Crippen LogP contribution in [-0.2, 0) is 0 Å². The molecule has 0 aromatic carbocycles. The Morgan fingerprint density at radius 2 is 1.94 bits per heavy atom. The molecule has 4 heteroatoms. The Labute approximate surface area is 123 Å². The maximum Gasteiger partial charge on any atom is 0.0501 e. The minimum Gasteiger partial charge on any atom is -0.322 e. The summed E-state index contributed by atoms with van der Waals surface area (Å²) < 4.78 is 1.18. The van der Waals surface area contributed by atoms with Gasteiger partial charge in [0, 0.05) is 15.4 Å². The molecule has 0 saturated heterocycles. The van der Waals surface area contributed by atoms with Gasteiger partial charge >= 0.3 is 0 Å². The molecule has 1 atom stereocenters. The van der Waals surface area contributed by atoms with E-state index in [1.807, 2.05) is 0 Å². The highest BCUT2D eigenvalue weighted by Crippen LogP contribution is 2.45. The number of rotatable bonds is 5. The molecule has 1 unspecified atom stereocenters. The lowest BCUT2D eigenvalue weighted by molar-refractivity contribution is 0.0769. The monoisotopic (exact) mass is 330 g/mol. The van der Waals surface area contributed by atoms with Crippen LogP contribution in [0.4, 0.5) is 0 Å². The topological polar surface area (TPSA) is 29.3 Å². The van der Waals surface area contributed by atoms with Crippen molar-refractivity contribution in [3.05, 3.63) is 20.8 Å². The summed E-state index contributed by atoms with van der Waals surface area (Å²) >= 11 is 5.38. The van der Waals surface area contributed by atoms with Crippen molar-refractivity contribution < 1.29 is 0 Å². The van der Waals surface area contributed by atoms with Gasteiger partial charge in [0.2, 0.25) is 0 Å². The molecule has 2 rings (SSSR count). The second-order valence-electron chi connectivity index (χ2n) is 5.14. The van der Waals surface area contributed by atoms with Gasteiger partial charge in [-0.2, -0.15) is 11.3 Å². The van der Waals surface area contributed by atoms with Crippen molar-refractivity contribution in [2.24, 2.45) is 5.73 Å². The SMILES string of the molecule is CCN(CC)C1(C(N)c2cscc2Br)CCCC1. The van der Waals surface area contributed by atoms with Crippen LogP contribution in [0, 0.1) is 0 Å². The molecule has 1 fully saturated rings. The van der Waals surface area contributed by atoms with Crippen LogP contribution >= 0.6 is 27.3 Å². The summed E-state index contributed by atoms with van der Waals surface area (Å²) in [7, 11) is 0. The first-order valence-electron chi connectivity index (χ1n) is 6.88. The molecular formula is C14H23BrN2S. The standard InChI is InChI=1S/C14H23BrN2S/c1-3-17(4-2)14(7-5-6-8-14)13(16)11-9-18-10-12(11)15/h9-10,13H,3-8,16H2,1-2H3. The van der Waals surface area contributed by atoms with E-state index in [0.717, 1.165) is 13.1 Å². The molecule has 1 aliphatic rings. The van der Waals surface area contributed by atoms with E-state index in [-0.39, 0.29) is 11.6 Å². The smallest absolute Gasteiger partial charge is 0.0501 e. The van der Waals surface area contributed by atoms with Gasteiger partial charge in [0.1, 0.15) is 0 Å². The summed E-state index contributed by atoms with van der Waals surface area (Å²) in [6, 6.07) is 0.125. The zero-order valence-corrected chi connectivity index (χ0v) is 13.7. The van der Waals surface area contributed by atoms with Gasteiger partial charge in [0.15, 0.2) is 0 Å². The van der Waals surface area contributed by atoms with Gasteiger partial charge in [-0.05, 0) is 52.8 Å². The third-order valence-electron chi connectivity index (χ3n) is 4.42. The highest BCUT2D eigenvalue weighted by Gasteiger charge is 2.44. The predicted octanol–water partition coefficient (Wildman–Crippen LogP) is 4.17. The van der Waals surface area contributed by atoms with E-state index < -0.39 is 0 Å². The van der Waals surface area contributed by atoms with Gasteiger partial charge < -0.3 is 5.73 Å².